The summed E-state index contributed by atoms with van der Waals surface area (Å²) in [5.41, 5.74) is 4.34. The highest BCUT2D eigenvalue weighted by Crippen LogP contribution is 2.35. The van der Waals surface area contributed by atoms with Gasteiger partial charge in [0, 0.05) is 88.8 Å². The molecule has 1 saturated heterocycles. The molecule has 0 radical (unpaired) electrons. The number of rotatable bonds is 29. The van der Waals surface area contributed by atoms with Gasteiger partial charge in [-0.25, -0.2) is 14.8 Å². The standard InChI is InChI=1S/C59H67N9O11/c60-37-42-14-24-51(63-39-42)65-45-17-21-47(22-18-45)67(59(74)64-38-41-10-2-1-3-11-41)46-19-15-43(16-20-46)44-26-28-62-54(36-44)78-35-34-77-31-7-6-30-76-33-9-32-75-29-5-4-27-61-53(70)40-79-50-13-8-12-48-55(50)58(73)68(57(48)72)49-23-25-52(69)66-56(49)71/h1-3,8,10-16,19-20,24,26,28,36,39,45,47,49H,4-7,9,17-18,21-23,25,27,29-35,38,40H2,(H,61,70)(H,63,65)(H,64,74)(H,66,69,71). The summed E-state index contributed by atoms with van der Waals surface area (Å²) in [7, 11) is 0. The van der Waals surface area contributed by atoms with Crippen LogP contribution in [-0.2, 0) is 35.1 Å². The molecule has 7 amide bonds. The lowest BCUT2D eigenvalue weighted by molar-refractivity contribution is -0.136. The monoisotopic (exact) mass is 1080 g/mol. The molecule has 1 atom stereocenters. The van der Waals surface area contributed by atoms with Crippen molar-refractivity contribution in [1.82, 2.24) is 30.8 Å². The van der Waals surface area contributed by atoms with Crippen molar-refractivity contribution >= 4 is 47.1 Å². The number of carbonyl (C=O) groups excluding carboxylic acids is 6. The molecule has 20 nitrogen and oxygen atoms in total. The van der Waals surface area contributed by atoms with Crippen molar-refractivity contribution < 1.29 is 52.5 Å². The van der Waals surface area contributed by atoms with E-state index in [0.29, 0.717) is 77.2 Å². The highest BCUT2D eigenvalue weighted by molar-refractivity contribution is 6.24. The minimum atomic E-state index is -1.10. The van der Waals surface area contributed by atoms with Crippen molar-refractivity contribution in [3.05, 3.63) is 132 Å². The molecule has 5 aromatic rings. The van der Waals surface area contributed by atoms with Gasteiger partial charge >= 0.3 is 6.03 Å². The topological polar surface area (TPSA) is 253 Å². The van der Waals surface area contributed by atoms with Crippen LogP contribution in [-0.4, -0.2) is 128 Å². The number of nitrogens with zero attached hydrogens (tertiary/aromatic N) is 5. The maximum absolute atomic E-state index is 13.9. The number of pyridine rings is 2. The third-order valence-electron chi connectivity index (χ3n) is 13.7. The van der Waals surface area contributed by atoms with E-state index in [0.717, 1.165) is 84.5 Å². The number of hydrogen-bond acceptors (Lipinski definition) is 15. The molecule has 8 rings (SSSR count). The molecule has 2 aromatic heterocycles. The summed E-state index contributed by atoms with van der Waals surface area (Å²) in [6.07, 6.45) is 10.6. The number of urea groups is 1. The molecule has 414 valence electrons. The van der Waals surface area contributed by atoms with Gasteiger partial charge in [-0.3, -0.25) is 39.1 Å². The molecule has 0 spiro atoms. The Morgan fingerprint density at radius 2 is 1.44 bits per heavy atom. The average Bonchev–Trinajstić information content (AvgIpc) is 3.87. The summed E-state index contributed by atoms with van der Waals surface area (Å²) in [4.78, 5) is 88.2. The number of piperidine rings is 1. The normalized spacial score (nSPS) is 16.8. The van der Waals surface area contributed by atoms with E-state index >= 15 is 0 Å². The number of ether oxygens (including phenoxy) is 5. The van der Waals surface area contributed by atoms with E-state index in [1.54, 1.807) is 18.5 Å². The Balaban J connectivity index is 0.646. The minimum absolute atomic E-state index is 0.00392. The molecule has 79 heavy (non-hydrogen) atoms. The van der Waals surface area contributed by atoms with Crippen LogP contribution >= 0.6 is 0 Å². The minimum Gasteiger partial charge on any atom is -0.483 e. The van der Waals surface area contributed by atoms with Crippen molar-refractivity contribution in [1.29, 1.82) is 5.26 Å². The zero-order valence-corrected chi connectivity index (χ0v) is 44.2. The fraction of sp³-hybridized carbons (Fsp3) is 0.407. The van der Waals surface area contributed by atoms with Crippen LogP contribution in [0, 0.1) is 11.3 Å². The van der Waals surface area contributed by atoms with Crippen molar-refractivity contribution in [2.24, 2.45) is 0 Å². The predicted octanol–water partition coefficient (Wildman–Crippen LogP) is 7.13. The molecule has 3 aromatic carbocycles. The number of benzene rings is 3. The van der Waals surface area contributed by atoms with Gasteiger partial charge < -0.3 is 39.6 Å². The van der Waals surface area contributed by atoms with Crippen LogP contribution in [0.5, 0.6) is 11.6 Å². The second kappa shape index (κ2) is 29.5. The zero-order valence-electron chi connectivity index (χ0n) is 44.2. The fourth-order valence-electron chi connectivity index (χ4n) is 9.61. The second-order valence-corrected chi connectivity index (χ2v) is 19.4. The lowest BCUT2D eigenvalue weighted by Crippen LogP contribution is -2.54. The van der Waals surface area contributed by atoms with Crippen molar-refractivity contribution in [3.8, 4) is 28.8 Å². The molecule has 1 aliphatic carbocycles. The van der Waals surface area contributed by atoms with E-state index in [1.807, 2.05) is 77.7 Å². The Morgan fingerprint density at radius 1 is 0.709 bits per heavy atom. The van der Waals surface area contributed by atoms with Gasteiger partial charge in [-0.05, 0) is 123 Å². The molecule has 1 unspecified atom stereocenters. The summed E-state index contributed by atoms with van der Waals surface area (Å²) in [6.45, 7) is 4.15. The van der Waals surface area contributed by atoms with Gasteiger partial charge in [0.2, 0.25) is 17.7 Å². The van der Waals surface area contributed by atoms with Gasteiger partial charge in [-0.15, -0.1) is 0 Å². The van der Waals surface area contributed by atoms with Gasteiger partial charge in [0.1, 0.15) is 30.3 Å². The van der Waals surface area contributed by atoms with Gasteiger partial charge in [0.05, 0.1) is 23.3 Å². The quantitative estimate of drug-likeness (QED) is 0.0275. The molecule has 20 heteroatoms. The van der Waals surface area contributed by atoms with Gasteiger partial charge in [-0.1, -0.05) is 48.5 Å². The first kappa shape index (κ1) is 56.9. The maximum atomic E-state index is 13.9. The van der Waals surface area contributed by atoms with Crippen molar-refractivity contribution in [2.75, 3.05) is 69.6 Å². The molecule has 3 aliphatic rings. The lowest BCUT2D eigenvalue weighted by Gasteiger charge is -2.37. The van der Waals surface area contributed by atoms with Crippen molar-refractivity contribution in [2.45, 2.75) is 95.3 Å². The molecule has 4 heterocycles. The summed E-state index contributed by atoms with van der Waals surface area (Å²) in [5, 5.41) is 20.7. The van der Waals surface area contributed by atoms with E-state index in [9.17, 15) is 28.8 Å². The number of imide groups is 2. The van der Waals surface area contributed by atoms with Gasteiger partial charge in [0.25, 0.3) is 17.7 Å². The average molecular weight is 1080 g/mol. The Labute approximate surface area is 459 Å². The number of nitriles is 1. The molecule has 2 aliphatic heterocycles. The number of anilines is 2. The molecular formula is C59H67N9O11. The van der Waals surface area contributed by atoms with Crippen LogP contribution in [0.25, 0.3) is 11.1 Å². The number of fused-ring (bicyclic) bond motifs is 1. The number of carbonyl (C=O) groups is 6. The summed E-state index contributed by atoms with van der Waals surface area (Å²) in [6, 6.07) is 30.9. The van der Waals surface area contributed by atoms with E-state index in [1.165, 1.54) is 18.2 Å². The van der Waals surface area contributed by atoms with E-state index in [4.69, 9.17) is 28.9 Å². The van der Waals surface area contributed by atoms with Gasteiger partial charge in [-0.2, -0.15) is 5.26 Å². The Bertz CT molecular complexity index is 2890. The summed E-state index contributed by atoms with van der Waals surface area (Å²) < 4.78 is 28.8. The Morgan fingerprint density at radius 3 is 2.16 bits per heavy atom. The molecule has 2 fully saturated rings. The maximum Gasteiger partial charge on any atom is 0.322 e. The molecular weight excluding hydrogens is 1010 g/mol. The van der Waals surface area contributed by atoms with E-state index < -0.39 is 29.7 Å². The first-order valence-corrected chi connectivity index (χ1v) is 27.1. The van der Waals surface area contributed by atoms with Crippen LogP contribution in [0.3, 0.4) is 0 Å². The predicted molar refractivity (Wildman–Crippen MR) is 292 cm³/mol. The lowest BCUT2D eigenvalue weighted by atomic mass is 9.89. The van der Waals surface area contributed by atoms with Crippen LogP contribution in [0.2, 0.25) is 0 Å². The summed E-state index contributed by atoms with van der Waals surface area (Å²) >= 11 is 0. The van der Waals surface area contributed by atoms with Crippen molar-refractivity contribution in [3.63, 3.8) is 0 Å². The van der Waals surface area contributed by atoms with E-state index in [2.05, 4.69) is 37.3 Å². The third kappa shape index (κ3) is 16.4. The molecule has 0 bridgehead atoms. The first-order chi connectivity index (χ1) is 38.6. The Kier molecular flexibility index (Phi) is 21.2. The smallest absolute Gasteiger partial charge is 0.322 e. The fourth-order valence-corrected chi connectivity index (χ4v) is 9.61. The number of unbranched alkanes of at least 4 members (excludes halogenated alkanes) is 2. The van der Waals surface area contributed by atoms with Crippen LogP contribution in [0.4, 0.5) is 16.3 Å². The molecule has 4 N–H and O–H groups in total. The highest BCUT2D eigenvalue weighted by Gasteiger charge is 2.46. The van der Waals surface area contributed by atoms with Crippen LogP contribution < -0.4 is 35.6 Å². The molecule has 1 saturated carbocycles. The van der Waals surface area contributed by atoms with Crippen LogP contribution in [0.15, 0.2) is 109 Å². The number of hydrogen-bond donors (Lipinski definition) is 4. The number of amides is 7. The van der Waals surface area contributed by atoms with Gasteiger partial charge in [0.15, 0.2) is 6.61 Å². The van der Waals surface area contributed by atoms with E-state index in [-0.39, 0.29) is 60.3 Å². The highest BCUT2D eigenvalue weighted by atomic mass is 16.5. The first-order valence-electron chi connectivity index (χ1n) is 27.1. The zero-order chi connectivity index (χ0) is 55.2. The third-order valence-corrected chi connectivity index (χ3v) is 13.7. The number of aromatic nitrogens is 2. The SMILES string of the molecule is N#Cc1ccc(NC2CCC(N(C(=O)NCc3ccccc3)c3ccc(-c4ccnc(OCCOCCCCOCCCOCCCCNC(=O)COc5cccc6c5C(=O)N(C5CCC(=O)NC5=O)C6=O)c4)cc3)CC2)nc1. The Hall–Kier alpha value is -8.25. The van der Waals surface area contributed by atoms with Crippen LogP contribution in [0.1, 0.15) is 102 Å². The number of nitrogens with one attached hydrogen (secondary N) is 4. The summed E-state index contributed by atoms with van der Waals surface area (Å²) in [5.74, 6) is -1.60. The largest absolute Gasteiger partial charge is 0.483 e. The second-order valence-electron chi connectivity index (χ2n) is 19.4.